The molecule has 0 aromatic heterocycles. The van der Waals surface area contributed by atoms with Crippen LogP contribution in [0.3, 0.4) is 0 Å². The Hall–Kier alpha value is -2.75. The molecule has 0 atom stereocenters. The number of hydrogen-bond acceptors (Lipinski definition) is 3. The fraction of sp³-hybridized carbons (Fsp3) is 0.500. The Labute approximate surface area is 205 Å². The van der Waals surface area contributed by atoms with Gasteiger partial charge in [0.25, 0.3) is 5.91 Å². The number of carbonyl (C=O) groups excluding carboxylic acids is 1. The van der Waals surface area contributed by atoms with Crippen molar-refractivity contribution in [1.82, 2.24) is 9.80 Å². The van der Waals surface area contributed by atoms with E-state index in [-0.39, 0.29) is 11.5 Å². The maximum atomic E-state index is 13.2. The summed E-state index contributed by atoms with van der Waals surface area (Å²) in [4.78, 5) is 16.7. The van der Waals surface area contributed by atoms with Gasteiger partial charge in [0.1, 0.15) is 5.75 Å². The summed E-state index contributed by atoms with van der Waals surface area (Å²) in [6, 6.07) is 8.87. The first-order valence-corrected chi connectivity index (χ1v) is 11.8. The van der Waals surface area contributed by atoms with E-state index >= 15 is 0 Å². The van der Waals surface area contributed by atoms with Crippen molar-refractivity contribution in [3.63, 3.8) is 0 Å². The number of hydrogen-bond donors (Lipinski definition) is 0. The van der Waals surface area contributed by atoms with Crippen LogP contribution in [-0.4, -0.2) is 49.0 Å². The van der Waals surface area contributed by atoms with Crippen molar-refractivity contribution in [2.75, 3.05) is 33.3 Å². The summed E-state index contributed by atoms with van der Waals surface area (Å²) in [5.74, 6) is 0.0139. The smallest absolute Gasteiger partial charge is 0.416 e. The molecule has 2 aromatic carbocycles. The highest BCUT2D eigenvalue weighted by atomic mass is 19.4. The van der Waals surface area contributed by atoms with Crippen LogP contribution in [0.1, 0.15) is 52.7 Å². The van der Waals surface area contributed by atoms with Gasteiger partial charge in [-0.2, -0.15) is 26.3 Å². The van der Waals surface area contributed by atoms with Crippen LogP contribution in [0.2, 0.25) is 0 Å². The maximum Gasteiger partial charge on any atom is 0.416 e. The summed E-state index contributed by atoms with van der Waals surface area (Å²) in [5, 5.41) is 0. The van der Waals surface area contributed by atoms with Gasteiger partial charge in [0.15, 0.2) is 0 Å². The molecule has 4 nitrogen and oxygen atoms in total. The molecule has 4 rings (SSSR count). The molecule has 0 radical (unpaired) electrons. The Balaban J connectivity index is 1.45. The zero-order chi connectivity index (χ0) is 26.1. The third-order valence-corrected chi connectivity index (χ3v) is 7.27. The molecule has 36 heavy (non-hydrogen) atoms. The lowest BCUT2D eigenvalue weighted by Gasteiger charge is -2.48. The van der Waals surface area contributed by atoms with E-state index in [2.05, 4.69) is 4.90 Å². The Bertz CT molecular complexity index is 1060. The van der Waals surface area contributed by atoms with Gasteiger partial charge < -0.3 is 9.64 Å². The fourth-order valence-corrected chi connectivity index (χ4v) is 5.37. The highest BCUT2D eigenvalue weighted by Gasteiger charge is 2.41. The van der Waals surface area contributed by atoms with Crippen molar-refractivity contribution in [2.24, 2.45) is 5.41 Å². The van der Waals surface area contributed by atoms with Crippen LogP contribution in [0.25, 0.3) is 0 Å². The number of rotatable bonds is 4. The summed E-state index contributed by atoms with van der Waals surface area (Å²) in [7, 11) is 1.63. The zero-order valence-corrected chi connectivity index (χ0v) is 19.9. The minimum atomic E-state index is -4.99. The molecule has 2 saturated heterocycles. The van der Waals surface area contributed by atoms with Crippen LogP contribution in [0.5, 0.6) is 5.75 Å². The Kier molecular flexibility index (Phi) is 7.28. The lowest BCUT2D eigenvalue weighted by Crippen LogP contribution is -2.50. The van der Waals surface area contributed by atoms with Gasteiger partial charge in [0.05, 0.1) is 18.2 Å². The van der Waals surface area contributed by atoms with E-state index in [4.69, 9.17) is 4.74 Å². The number of methoxy groups -OCH3 is 1. The molecule has 0 saturated carbocycles. The summed E-state index contributed by atoms with van der Waals surface area (Å²) < 4.78 is 84.8. The second-order valence-corrected chi connectivity index (χ2v) is 9.71. The molecule has 0 bridgehead atoms. The lowest BCUT2D eigenvalue weighted by molar-refractivity contribution is -0.143. The molecule has 196 valence electrons. The van der Waals surface area contributed by atoms with Crippen LogP contribution in [0.4, 0.5) is 26.3 Å². The van der Waals surface area contributed by atoms with Crippen LogP contribution in [0, 0.1) is 5.41 Å². The van der Waals surface area contributed by atoms with E-state index in [1.54, 1.807) is 7.11 Å². The standard InChI is InChI=1S/C26H28F6N2O2/c1-36-22-6-3-2-5-18(22)16-33-10-4-7-24(17-33)8-11-34(12-9-24)23(35)19-13-20(25(27,28)29)15-21(14-19)26(30,31)32/h2-3,5-6,13-15H,4,7-12,16-17H2,1H3. The van der Waals surface area contributed by atoms with Crippen LogP contribution >= 0.6 is 0 Å². The predicted octanol–water partition coefficient (Wildman–Crippen LogP) is 6.25. The van der Waals surface area contributed by atoms with Crippen molar-refractivity contribution in [3.05, 3.63) is 64.7 Å². The maximum absolute atomic E-state index is 13.2. The molecule has 2 fully saturated rings. The average molecular weight is 515 g/mol. The van der Waals surface area contributed by atoms with Gasteiger partial charge in [-0.15, -0.1) is 0 Å². The summed E-state index contributed by atoms with van der Waals surface area (Å²) in [6.45, 7) is 3.04. The third-order valence-electron chi connectivity index (χ3n) is 7.27. The monoisotopic (exact) mass is 514 g/mol. The minimum absolute atomic E-state index is 0.0397. The van der Waals surface area contributed by atoms with Crippen LogP contribution in [-0.2, 0) is 18.9 Å². The van der Waals surface area contributed by atoms with Gasteiger partial charge in [0, 0.05) is 37.3 Å². The molecule has 2 aromatic rings. The fourth-order valence-electron chi connectivity index (χ4n) is 5.37. The van der Waals surface area contributed by atoms with Crippen molar-refractivity contribution in [1.29, 1.82) is 0 Å². The van der Waals surface area contributed by atoms with Crippen LogP contribution in [0.15, 0.2) is 42.5 Å². The predicted molar refractivity (Wildman–Crippen MR) is 122 cm³/mol. The summed E-state index contributed by atoms with van der Waals surface area (Å²) in [6.07, 6.45) is -6.74. The molecule has 2 aliphatic rings. The number of likely N-dealkylation sites (tertiary alicyclic amines) is 2. The zero-order valence-electron chi connectivity index (χ0n) is 19.9. The normalized spacial score (nSPS) is 18.9. The Morgan fingerprint density at radius 1 is 0.917 bits per heavy atom. The first-order valence-electron chi connectivity index (χ1n) is 11.8. The minimum Gasteiger partial charge on any atom is -0.496 e. The number of benzene rings is 2. The second kappa shape index (κ2) is 9.95. The Morgan fingerprint density at radius 3 is 2.11 bits per heavy atom. The van der Waals surface area contributed by atoms with E-state index < -0.39 is 35.0 Å². The third kappa shape index (κ3) is 5.79. The van der Waals surface area contributed by atoms with Gasteiger partial charge in [-0.05, 0) is 61.9 Å². The van der Waals surface area contributed by atoms with Crippen molar-refractivity contribution < 1.29 is 35.9 Å². The number of piperidine rings is 2. The van der Waals surface area contributed by atoms with Crippen molar-refractivity contribution in [2.45, 2.75) is 44.6 Å². The van der Waals surface area contributed by atoms with E-state index in [1.165, 1.54) is 4.90 Å². The topological polar surface area (TPSA) is 32.8 Å². The number of amides is 1. The highest BCUT2D eigenvalue weighted by Crippen LogP contribution is 2.41. The molecule has 1 amide bonds. The average Bonchev–Trinajstić information content (AvgIpc) is 2.83. The molecule has 0 aliphatic carbocycles. The van der Waals surface area contributed by atoms with E-state index in [9.17, 15) is 31.1 Å². The number of para-hydroxylation sites is 1. The quantitative estimate of drug-likeness (QED) is 0.452. The molecular weight excluding hydrogens is 486 g/mol. The largest absolute Gasteiger partial charge is 0.496 e. The summed E-state index contributed by atoms with van der Waals surface area (Å²) >= 11 is 0. The van der Waals surface area contributed by atoms with Gasteiger partial charge in [-0.25, -0.2) is 0 Å². The molecule has 1 spiro atoms. The SMILES string of the molecule is COc1ccccc1CN1CCCC2(CCN(C(=O)c3cc(C(F)(F)F)cc(C(F)(F)F)c3)CC2)C1. The Morgan fingerprint density at radius 2 is 1.53 bits per heavy atom. The van der Waals surface area contributed by atoms with Gasteiger partial charge in [0.2, 0.25) is 0 Å². The van der Waals surface area contributed by atoms with Crippen molar-refractivity contribution >= 4 is 5.91 Å². The van der Waals surface area contributed by atoms with Gasteiger partial charge in [-0.3, -0.25) is 9.69 Å². The second-order valence-electron chi connectivity index (χ2n) is 9.71. The molecule has 0 unspecified atom stereocenters. The molecule has 10 heteroatoms. The number of alkyl halides is 6. The van der Waals surface area contributed by atoms with Crippen LogP contribution < -0.4 is 4.74 Å². The molecule has 0 N–H and O–H groups in total. The molecule has 2 aliphatic heterocycles. The van der Waals surface area contributed by atoms with E-state index in [0.29, 0.717) is 38.1 Å². The van der Waals surface area contributed by atoms with E-state index in [1.807, 2.05) is 24.3 Å². The number of ether oxygens (including phenoxy) is 1. The van der Waals surface area contributed by atoms with Crippen molar-refractivity contribution in [3.8, 4) is 5.75 Å². The van der Waals surface area contributed by atoms with Gasteiger partial charge in [-0.1, -0.05) is 18.2 Å². The molecular formula is C26H28F6N2O2. The highest BCUT2D eigenvalue weighted by molar-refractivity contribution is 5.94. The number of carbonyl (C=O) groups is 1. The summed E-state index contributed by atoms with van der Waals surface area (Å²) in [5.41, 5.74) is -2.51. The number of nitrogens with zero attached hydrogens (tertiary/aromatic N) is 2. The van der Waals surface area contributed by atoms with Gasteiger partial charge >= 0.3 is 12.4 Å². The first-order chi connectivity index (χ1) is 16.9. The molecule has 2 heterocycles. The number of halogens is 6. The first kappa shape index (κ1) is 26.3. The lowest BCUT2D eigenvalue weighted by atomic mass is 9.72. The van der Waals surface area contributed by atoms with E-state index in [0.717, 1.165) is 43.8 Å².